The van der Waals surface area contributed by atoms with E-state index in [1.165, 1.54) is 7.11 Å². The predicted octanol–water partition coefficient (Wildman–Crippen LogP) is 2.97. The topological polar surface area (TPSA) is 55.8 Å². The summed E-state index contributed by atoms with van der Waals surface area (Å²) in [6.07, 6.45) is 4.51. The number of aromatic hydroxyl groups is 1. The first-order valence-corrected chi connectivity index (χ1v) is 5.77. The molecule has 0 atom stereocenters. The van der Waals surface area contributed by atoms with E-state index in [1.54, 1.807) is 12.1 Å². The first-order valence-electron chi connectivity index (χ1n) is 5.77. The molecule has 0 aliphatic heterocycles. The third-order valence-corrected chi connectivity index (χ3v) is 2.45. The Morgan fingerprint density at radius 2 is 2.17 bits per heavy atom. The smallest absolute Gasteiger partial charge is 0.508 e. The second-order valence-electron chi connectivity index (χ2n) is 3.91. The van der Waals surface area contributed by atoms with Gasteiger partial charge in [-0.15, -0.1) is 0 Å². The molecule has 1 N–H and O–H groups in total. The van der Waals surface area contributed by atoms with Gasteiger partial charge in [0.2, 0.25) is 0 Å². The van der Waals surface area contributed by atoms with Crippen LogP contribution in [0.3, 0.4) is 0 Å². The molecule has 0 aromatic heterocycles. The van der Waals surface area contributed by atoms with Gasteiger partial charge < -0.3 is 14.6 Å². The van der Waals surface area contributed by atoms with E-state index in [4.69, 9.17) is 0 Å². The van der Waals surface area contributed by atoms with Crippen LogP contribution in [0.1, 0.15) is 17.5 Å². The lowest BCUT2D eigenvalue weighted by atomic mass is 10.1. The molecule has 0 heterocycles. The van der Waals surface area contributed by atoms with Crippen molar-refractivity contribution in [2.45, 2.75) is 19.8 Å². The van der Waals surface area contributed by atoms with Gasteiger partial charge in [0.05, 0.1) is 7.11 Å². The molecule has 0 saturated carbocycles. The Bertz CT molecular complexity index is 424. The molecule has 18 heavy (non-hydrogen) atoms. The second kappa shape index (κ2) is 7.37. The molecule has 0 amide bonds. The Kier molecular flexibility index (Phi) is 5.77. The van der Waals surface area contributed by atoms with E-state index in [0.717, 1.165) is 24.0 Å². The number of allylic oxidation sites excluding steroid dienone is 1. The summed E-state index contributed by atoms with van der Waals surface area (Å²) in [5, 5.41) is 9.63. The number of carbonyl (C=O) groups is 1. The molecule has 1 aromatic rings. The zero-order valence-electron chi connectivity index (χ0n) is 10.7. The van der Waals surface area contributed by atoms with Crippen molar-refractivity contribution < 1.29 is 19.4 Å². The fourth-order valence-corrected chi connectivity index (χ4v) is 1.51. The number of rotatable bonds is 5. The number of aryl methyl sites for hydroxylation is 2. The van der Waals surface area contributed by atoms with Crippen molar-refractivity contribution in [2.75, 3.05) is 13.7 Å². The van der Waals surface area contributed by atoms with E-state index in [-0.39, 0.29) is 6.61 Å². The maximum absolute atomic E-state index is 10.6. The first-order chi connectivity index (χ1) is 8.63. The van der Waals surface area contributed by atoms with Gasteiger partial charge in [-0.3, -0.25) is 0 Å². The highest BCUT2D eigenvalue weighted by Gasteiger charge is 2.00. The summed E-state index contributed by atoms with van der Waals surface area (Å²) in [5.74, 6) is 0.319. The standard InChI is InChI=1S/C14H18O4/c1-11-7-8-13(15)12(10-11)6-4-3-5-9-18-14(16)17-2/h3,5,7-8,10,15H,4,6,9H2,1-2H3/b5-3-. The highest BCUT2D eigenvalue weighted by Crippen LogP contribution is 2.19. The summed E-state index contributed by atoms with van der Waals surface area (Å²) in [6.45, 7) is 2.19. The third kappa shape index (κ3) is 4.91. The molecule has 0 aliphatic carbocycles. The number of carbonyl (C=O) groups excluding carboxylic acids is 1. The average molecular weight is 250 g/mol. The lowest BCUT2D eigenvalue weighted by Gasteiger charge is -2.03. The quantitative estimate of drug-likeness (QED) is 0.644. The van der Waals surface area contributed by atoms with Crippen molar-refractivity contribution in [1.82, 2.24) is 0 Å². The molecule has 1 rings (SSSR count). The van der Waals surface area contributed by atoms with E-state index < -0.39 is 6.16 Å². The number of phenolic OH excluding ortho intramolecular Hbond substituents is 1. The Balaban J connectivity index is 2.31. The Hall–Kier alpha value is -1.97. The van der Waals surface area contributed by atoms with Crippen LogP contribution in [-0.4, -0.2) is 25.0 Å². The molecule has 4 nitrogen and oxygen atoms in total. The van der Waals surface area contributed by atoms with Crippen LogP contribution in [0.2, 0.25) is 0 Å². The molecule has 0 bridgehead atoms. The monoisotopic (exact) mass is 250 g/mol. The summed E-state index contributed by atoms with van der Waals surface area (Å²) in [6, 6.07) is 5.54. The van der Waals surface area contributed by atoms with Gasteiger partial charge in [0, 0.05) is 0 Å². The highest BCUT2D eigenvalue weighted by molar-refractivity contribution is 5.59. The van der Waals surface area contributed by atoms with Crippen molar-refractivity contribution in [3.8, 4) is 5.75 Å². The van der Waals surface area contributed by atoms with Crippen molar-refractivity contribution >= 4 is 6.16 Å². The lowest BCUT2D eigenvalue weighted by Crippen LogP contribution is -2.03. The first kappa shape index (κ1) is 14.1. The van der Waals surface area contributed by atoms with Crippen LogP contribution >= 0.6 is 0 Å². The van der Waals surface area contributed by atoms with Gasteiger partial charge in [0.15, 0.2) is 0 Å². The molecule has 0 unspecified atom stereocenters. The van der Waals surface area contributed by atoms with E-state index in [9.17, 15) is 9.90 Å². The lowest BCUT2D eigenvalue weighted by molar-refractivity contribution is 0.0817. The largest absolute Gasteiger partial charge is 0.508 e. The van der Waals surface area contributed by atoms with Crippen molar-refractivity contribution in [3.63, 3.8) is 0 Å². The molecule has 1 aromatic carbocycles. The molecule has 0 spiro atoms. The van der Waals surface area contributed by atoms with Crippen LogP contribution in [0.4, 0.5) is 4.79 Å². The Morgan fingerprint density at radius 1 is 1.39 bits per heavy atom. The van der Waals surface area contributed by atoms with E-state index >= 15 is 0 Å². The molecule has 0 aliphatic rings. The summed E-state index contributed by atoms with van der Waals surface area (Å²) in [4.78, 5) is 10.6. The van der Waals surface area contributed by atoms with Gasteiger partial charge in [-0.05, 0) is 31.4 Å². The maximum atomic E-state index is 10.6. The van der Waals surface area contributed by atoms with Crippen LogP contribution in [0, 0.1) is 6.92 Å². The van der Waals surface area contributed by atoms with Gasteiger partial charge in [-0.2, -0.15) is 0 Å². The minimum atomic E-state index is -0.684. The zero-order chi connectivity index (χ0) is 13.4. The van der Waals surface area contributed by atoms with Crippen LogP contribution in [0.5, 0.6) is 5.75 Å². The molecule has 0 radical (unpaired) electrons. The van der Waals surface area contributed by atoms with Crippen molar-refractivity contribution in [1.29, 1.82) is 0 Å². The van der Waals surface area contributed by atoms with Gasteiger partial charge in [0.1, 0.15) is 12.4 Å². The molecule has 98 valence electrons. The second-order valence-corrected chi connectivity index (χ2v) is 3.91. The number of ether oxygens (including phenoxy) is 2. The molecule has 0 fully saturated rings. The maximum Gasteiger partial charge on any atom is 0.508 e. The van der Waals surface area contributed by atoms with E-state index in [1.807, 2.05) is 25.1 Å². The summed E-state index contributed by atoms with van der Waals surface area (Å²) >= 11 is 0. The van der Waals surface area contributed by atoms with Gasteiger partial charge in [-0.25, -0.2) is 4.79 Å². The molecular weight excluding hydrogens is 232 g/mol. The SMILES string of the molecule is COC(=O)OC/C=C\CCc1cc(C)ccc1O. The number of methoxy groups -OCH3 is 1. The zero-order valence-corrected chi connectivity index (χ0v) is 10.7. The fourth-order valence-electron chi connectivity index (χ4n) is 1.51. The Morgan fingerprint density at radius 3 is 2.89 bits per heavy atom. The summed E-state index contributed by atoms with van der Waals surface area (Å²) in [5.41, 5.74) is 2.05. The minimum absolute atomic E-state index is 0.201. The van der Waals surface area contributed by atoms with Gasteiger partial charge >= 0.3 is 6.16 Å². The normalized spacial score (nSPS) is 10.6. The predicted molar refractivity (Wildman–Crippen MR) is 68.7 cm³/mol. The molecule has 0 saturated heterocycles. The number of hydrogen-bond donors (Lipinski definition) is 1. The third-order valence-electron chi connectivity index (χ3n) is 2.45. The van der Waals surface area contributed by atoms with Crippen LogP contribution in [0.25, 0.3) is 0 Å². The molecular formula is C14H18O4. The van der Waals surface area contributed by atoms with Crippen LogP contribution < -0.4 is 0 Å². The van der Waals surface area contributed by atoms with Crippen LogP contribution in [0.15, 0.2) is 30.4 Å². The van der Waals surface area contributed by atoms with Crippen LogP contribution in [-0.2, 0) is 15.9 Å². The van der Waals surface area contributed by atoms with Crippen molar-refractivity contribution in [3.05, 3.63) is 41.5 Å². The summed E-state index contributed by atoms with van der Waals surface area (Å²) in [7, 11) is 1.27. The Labute approximate surface area is 107 Å². The number of phenols is 1. The average Bonchev–Trinajstić information content (AvgIpc) is 2.37. The highest BCUT2D eigenvalue weighted by atomic mass is 16.7. The van der Waals surface area contributed by atoms with Gasteiger partial charge in [-0.1, -0.05) is 29.8 Å². The minimum Gasteiger partial charge on any atom is -0.508 e. The number of hydrogen-bond acceptors (Lipinski definition) is 4. The van der Waals surface area contributed by atoms with Gasteiger partial charge in [0.25, 0.3) is 0 Å². The molecule has 4 heteroatoms. The van der Waals surface area contributed by atoms with E-state index in [2.05, 4.69) is 9.47 Å². The fraction of sp³-hybridized carbons (Fsp3) is 0.357. The summed E-state index contributed by atoms with van der Waals surface area (Å²) < 4.78 is 9.02. The van der Waals surface area contributed by atoms with Crippen molar-refractivity contribution in [2.24, 2.45) is 0 Å². The number of benzene rings is 1. The van der Waals surface area contributed by atoms with E-state index in [0.29, 0.717) is 5.75 Å².